The van der Waals surface area contributed by atoms with Crippen LogP contribution in [0.4, 0.5) is 0 Å². The van der Waals surface area contributed by atoms with Crippen molar-refractivity contribution in [1.82, 2.24) is 4.90 Å². The second kappa shape index (κ2) is 7.33. The van der Waals surface area contributed by atoms with Crippen molar-refractivity contribution in [3.05, 3.63) is 0 Å². The van der Waals surface area contributed by atoms with E-state index in [1.165, 1.54) is 0 Å². The number of nitrogens with two attached hydrogens (primary N) is 1. The van der Waals surface area contributed by atoms with Crippen LogP contribution in [0.3, 0.4) is 0 Å². The molecular formula is C12H22N2O4. The minimum atomic E-state index is -0.611. The summed E-state index contributed by atoms with van der Waals surface area (Å²) in [6, 6.07) is -0.463. The zero-order chi connectivity index (χ0) is 13.5. The van der Waals surface area contributed by atoms with E-state index >= 15 is 0 Å². The summed E-state index contributed by atoms with van der Waals surface area (Å²) in [5.41, 5.74) is 5.80. The number of amides is 1. The van der Waals surface area contributed by atoms with Crippen molar-refractivity contribution < 1.29 is 19.1 Å². The number of ether oxygens (including phenoxy) is 2. The number of hydrogen-bond donors (Lipinski definition) is 1. The van der Waals surface area contributed by atoms with E-state index in [4.69, 9.17) is 15.2 Å². The normalized spacial score (nSPS) is 16.2. The largest absolute Gasteiger partial charge is 0.465 e. The van der Waals surface area contributed by atoms with Crippen LogP contribution in [0.15, 0.2) is 0 Å². The lowest BCUT2D eigenvalue weighted by Gasteiger charge is -2.24. The number of hydrogen-bond acceptors (Lipinski definition) is 5. The lowest BCUT2D eigenvalue weighted by Crippen LogP contribution is -2.47. The summed E-state index contributed by atoms with van der Waals surface area (Å²) in [6.07, 6.45) is 2.33. The van der Waals surface area contributed by atoms with E-state index < -0.39 is 6.04 Å². The molecule has 1 unspecified atom stereocenters. The Hall–Kier alpha value is -1.14. The van der Waals surface area contributed by atoms with Crippen LogP contribution in [0.5, 0.6) is 0 Å². The average Bonchev–Trinajstić information content (AvgIpc) is 3.16. The monoisotopic (exact) mass is 258 g/mol. The fraction of sp³-hybridized carbons (Fsp3) is 0.833. The lowest BCUT2D eigenvalue weighted by atomic mass is 10.2. The van der Waals surface area contributed by atoms with Crippen LogP contribution in [0.1, 0.15) is 26.2 Å². The minimum Gasteiger partial charge on any atom is -0.465 e. The first-order valence-corrected chi connectivity index (χ1v) is 6.30. The summed E-state index contributed by atoms with van der Waals surface area (Å²) in [4.78, 5) is 25.1. The van der Waals surface area contributed by atoms with Crippen molar-refractivity contribution in [2.75, 3.05) is 26.9 Å². The minimum absolute atomic E-state index is 0.00196. The van der Waals surface area contributed by atoms with Crippen molar-refractivity contribution in [3.63, 3.8) is 0 Å². The van der Waals surface area contributed by atoms with Gasteiger partial charge in [-0.2, -0.15) is 0 Å². The van der Waals surface area contributed by atoms with Gasteiger partial charge in [0, 0.05) is 19.8 Å². The molecule has 2 N–H and O–H groups in total. The average molecular weight is 258 g/mol. The Morgan fingerprint density at radius 2 is 2.11 bits per heavy atom. The third kappa shape index (κ3) is 4.62. The van der Waals surface area contributed by atoms with E-state index in [1.54, 1.807) is 18.9 Å². The Morgan fingerprint density at radius 3 is 2.61 bits per heavy atom. The molecule has 0 radical (unpaired) electrons. The molecule has 104 valence electrons. The van der Waals surface area contributed by atoms with Crippen LogP contribution in [-0.2, 0) is 19.1 Å². The van der Waals surface area contributed by atoms with E-state index in [9.17, 15) is 9.59 Å². The Morgan fingerprint density at radius 1 is 1.44 bits per heavy atom. The smallest absolute Gasteiger partial charge is 0.325 e. The predicted molar refractivity (Wildman–Crippen MR) is 65.8 cm³/mol. The van der Waals surface area contributed by atoms with Gasteiger partial charge in [0.2, 0.25) is 5.91 Å². The molecule has 0 aromatic rings. The lowest BCUT2D eigenvalue weighted by molar-refractivity contribution is -0.149. The van der Waals surface area contributed by atoms with E-state index in [0.717, 1.165) is 12.8 Å². The van der Waals surface area contributed by atoms with E-state index in [1.807, 2.05) is 0 Å². The molecule has 0 aliphatic heterocycles. The first kappa shape index (κ1) is 14.9. The molecule has 0 aromatic heterocycles. The van der Waals surface area contributed by atoms with Gasteiger partial charge in [-0.3, -0.25) is 9.59 Å². The van der Waals surface area contributed by atoms with Gasteiger partial charge in [0.25, 0.3) is 0 Å². The maximum absolute atomic E-state index is 12.1. The predicted octanol–water partition coefficient (Wildman–Crippen LogP) is -0.0957. The molecule has 18 heavy (non-hydrogen) atoms. The number of nitrogens with zero attached hydrogens (tertiary/aromatic N) is 1. The quantitative estimate of drug-likeness (QED) is 0.615. The third-order valence-electron chi connectivity index (χ3n) is 2.83. The van der Waals surface area contributed by atoms with E-state index in [-0.39, 0.29) is 24.5 Å². The molecule has 0 aromatic carbocycles. The molecule has 1 amide bonds. The van der Waals surface area contributed by atoms with Crippen LogP contribution in [0.2, 0.25) is 0 Å². The maximum Gasteiger partial charge on any atom is 0.325 e. The molecule has 6 nitrogen and oxygen atoms in total. The number of esters is 1. The molecule has 0 bridgehead atoms. The van der Waals surface area contributed by atoms with Crippen molar-refractivity contribution in [2.45, 2.75) is 38.3 Å². The number of carbonyl (C=O) groups excluding carboxylic acids is 2. The van der Waals surface area contributed by atoms with Crippen molar-refractivity contribution >= 4 is 11.9 Å². The molecule has 6 heteroatoms. The maximum atomic E-state index is 12.1. The third-order valence-corrected chi connectivity index (χ3v) is 2.83. The van der Waals surface area contributed by atoms with Crippen molar-refractivity contribution in [2.24, 2.45) is 5.73 Å². The molecule has 1 rings (SSSR count). The van der Waals surface area contributed by atoms with E-state index in [2.05, 4.69) is 0 Å². The summed E-state index contributed by atoms with van der Waals surface area (Å²) in [6.45, 7) is 2.50. The number of methoxy groups -OCH3 is 1. The Balaban J connectivity index is 2.50. The SMILES string of the molecule is CCOC(=O)CN(C(=O)C(N)CCOC)C1CC1. The zero-order valence-corrected chi connectivity index (χ0v) is 11.1. The molecule has 1 aliphatic rings. The van der Waals surface area contributed by atoms with Gasteiger partial charge in [-0.1, -0.05) is 0 Å². The van der Waals surface area contributed by atoms with Crippen molar-refractivity contribution in [3.8, 4) is 0 Å². The Labute approximate surface area is 107 Å². The van der Waals surface area contributed by atoms with Gasteiger partial charge in [-0.15, -0.1) is 0 Å². The van der Waals surface area contributed by atoms with Crippen LogP contribution < -0.4 is 5.73 Å². The molecule has 0 saturated heterocycles. The van der Waals surface area contributed by atoms with Crippen LogP contribution >= 0.6 is 0 Å². The van der Waals surface area contributed by atoms with Crippen LogP contribution in [0, 0.1) is 0 Å². The number of carbonyl (C=O) groups is 2. The molecule has 1 atom stereocenters. The van der Waals surface area contributed by atoms with Gasteiger partial charge in [0.1, 0.15) is 6.54 Å². The van der Waals surface area contributed by atoms with E-state index in [0.29, 0.717) is 19.6 Å². The summed E-state index contributed by atoms with van der Waals surface area (Å²) < 4.78 is 9.76. The highest BCUT2D eigenvalue weighted by Gasteiger charge is 2.36. The van der Waals surface area contributed by atoms with Crippen molar-refractivity contribution in [1.29, 1.82) is 0 Å². The Bertz CT molecular complexity index is 292. The summed E-state index contributed by atoms with van der Waals surface area (Å²) >= 11 is 0. The molecule has 1 saturated carbocycles. The van der Waals surface area contributed by atoms with Gasteiger partial charge in [-0.25, -0.2) is 0 Å². The first-order valence-electron chi connectivity index (χ1n) is 6.30. The molecule has 1 aliphatic carbocycles. The summed E-state index contributed by atoms with van der Waals surface area (Å²) in [5, 5.41) is 0. The highest BCUT2D eigenvalue weighted by atomic mass is 16.5. The van der Waals surface area contributed by atoms with Gasteiger partial charge in [0.05, 0.1) is 12.6 Å². The number of rotatable bonds is 8. The van der Waals surface area contributed by atoms with Gasteiger partial charge >= 0.3 is 5.97 Å². The van der Waals surface area contributed by atoms with Crippen LogP contribution in [0.25, 0.3) is 0 Å². The molecular weight excluding hydrogens is 236 g/mol. The van der Waals surface area contributed by atoms with Gasteiger partial charge in [-0.05, 0) is 26.2 Å². The van der Waals surface area contributed by atoms with Gasteiger partial charge < -0.3 is 20.1 Å². The zero-order valence-electron chi connectivity index (χ0n) is 11.1. The van der Waals surface area contributed by atoms with Crippen LogP contribution in [-0.4, -0.2) is 55.7 Å². The second-order valence-corrected chi connectivity index (χ2v) is 4.39. The van der Waals surface area contributed by atoms with Gasteiger partial charge in [0.15, 0.2) is 0 Å². The Kier molecular flexibility index (Phi) is 6.07. The molecule has 1 fully saturated rings. The standard InChI is InChI=1S/C12H22N2O4/c1-3-18-11(15)8-14(9-4-5-9)12(16)10(13)6-7-17-2/h9-10H,3-8,13H2,1-2H3. The topological polar surface area (TPSA) is 81.9 Å². The highest BCUT2D eigenvalue weighted by molar-refractivity contribution is 5.86. The fourth-order valence-corrected chi connectivity index (χ4v) is 1.70. The first-order chi connectivity index (χ1) is 8.60. The fourth-order valence-electron chi connectivity index (χ4n) is 1.70. The highest BCUT2D eigenvalue weighted by Crippen LogP contribution is 2.27. The summed E-state index contributed by atoms with van der Waals surface area (Å²) in [7, 11) is 1.56. The summed E-state index contributed by atoms with van der Waals surface area (Å²) in [5.74, 6) is -0.570. The molecule has 0 spiro atoms. The second-order valence-electron chi connectivity index (χ2n) is 4.39. The molecule has 0 heterocycles.